The lowest BCUT2D eigenvalue weighted by Gasteiger charge is -2.13. The largest absolute Gasteiger partial charge is 0.309 e. The molecule has 7 aromatic heterocycles. The molecule has 0 N–H and O–H groups in total. The van der Waals surface area contributed by atoms with Crippen LogP contribution in [0.3, 0.4) is 0 Å². The van der Waals surface area contributed by atoms with Crippen LogP contribution in [0.4, 0.5) is 0 Å². The maximum atomic E-state index is 5.69. The molecule has 0 spiro atoms. The van der Waals surface area contributed by atoms with Crippen molar-refractivity contribution in [2.45, 2.75) is 0 Å². The van der Waals surface area contributed by atoms with E-state index in [1.165, 1.54) is 47.2 Å². The number of hydrogen-bond acceptors (Lipinski definition) is 4. The van der Waals surface area contributed by atoms with Crippen molar-refractivity contribution in [3.05, 3.63) is 267 Å². The van der Waals surface area contributed by atoms with Gasteiger partial charge in [0.15, 0.2) is 5.82 Å². The first-order chi connectivity index (χ1) is 41.7. The minimum atomic E-state index is 0.526. The lowest BCUT2D eigenvalue weighted by atomic mass is 10.1. The van der Waals surface area contributed by atoms with Gasteiger partial charge in [0, 0.05) is 96.7 Å². The second-order valence-electron chi connectivity index (χ2n) is 21.9. The number of hydrogen-bond donors (Lipinski definition) is 0. The second kappa shape index (κ2) is 17.2. The predicted octanol–water partition coefficient (Wildman–Crippen LogP) is 19.4. The Labute approximate surface area is 482 Å². The third-order valence-electron chi connectivity index (χ3n) is 17.5. The maximum Gasteiger partial charge on any atom is 0.240 e. The van der Waals surface area contributed by atoms with Gasteiger partial charge in [-0.05, 0) is 121 Å². The molecule has 84 heavy (non-hydrogen) atoms. The van der Waals surface area contributed by atoms with Crippen molar-refractivity contribution in [1.29, 1.82) is 0 Å². The Morgan fingerprint density at radius 1 is 0.226 bits per heavy atom. The monoisotopic (exact) mass is 1090 g/mol. The molecular weight excluding hydrogens is 1040 g/mol. The molecule has 7 heterocycles. The van der Waals surface area contributed by atoms with Crippen molar-refractivity contribution < 1.29 is 0 Å². The van der Waals surface area contributed by atoms with E-state index in [-0.39, 0.29) is 0 Å². The molecule has 0 saturated carbocycles. The van der Waals surface area contributed by atoms with E-state index < -0.39 is 0 Å². The molecular formula is C75H44N8S. The third kappa shape index (κ3) is 6.33. The molecule has 0 aliphatic rings. The van der Waals surface area contributed by atoms with Crippen LogP contribution in [-0.2, 0) is 0 Å². The highest BCUT2D eigenvalue weighted by Gasteiger charge is 2.25. The van der Waals surface area contributed by atoms with Crippen molar-refractivity contribution in [2.75, 3.05) is 0 Å². The molecule has 0 unspecified atom stereocenters. The van der Waals surface area contributed by atoms with Crippen LogP contribution in [0, 0.1) is 0 Å². The lowest BCUT2D eigenvalue weighted by Crippen LogP contribution is -2.10. The highest BCUT2D eigenvalue weighted by atomic mass is 32.1. The fraction of sp³-hybridized carbons (Fsp3) is 0. The first kappa shape index (κ1) is 45.6. The number of thiophene rings is 1. The second-order valence-corrected chi connectivity index (χ2v) is 23.0. The molecule has 19 rings (SSSR count). The summed E-state index contributed by atoms with van der Waals surface area (Å²) in [5.74, 6) is 1.62. The van der Waals surface area contributed by atoms with Gasteiger partial charge in [-0.2, -0.15) is 15.0 Å². The van der Waals surface area contributed by atoms with Crippen LogP contribution in [0.1, 0.15) is 0 Å². The Hall–Kier alpha value is -11.1. The van der Waals surface area contributed by atoms with E-state index in [1.807, 2.05) is 11.3 Å². The summed E-state index contributed by atoms with van der Waals surface area (Å²) < 4.78 is 14.3. The van der Waals surface area contributed by atoms with Crippen molar-refractivity contribution in [3.8, 4) is 40.3 Å². The maximum absolute atomic E-state index is 5.69. The summed E-state index contributed by atoms with van der Waals surface area (Å²) in [6.07, 6.45) is 0. The average molecular weight is 1090 g/mol. The van der Waals surface area contributed by atoms with E-state index in [1.54, 1.807) is 0 Å². The predicted molar refractivity (Wildman–Crippen MR) is 350 cm³/mol. The molecule has 0 aliphatic heterocycles. The number of fused-ring (bicyclic) bond motifs is 19. The minimum Gasteiger partial charge on any atom is -0.309 e. The van der Waals surface area contributed by atoms with Crippen molar-refractivity contribution in [2.24, 2.45) is 0 Å². The van der Waals surface area contributed by atoms with Gasteiger partial charge in [-0.1, -0.05) is 146 Å². The van der Waals surface area contributed by atoms with Gasteiger partial charge in [0.25, 0.3) is 0 Å². The van der Waals surface area contributed by atoms with Gasteiger partial charge >= 0.3 is 0 Å². The van der Waals surface area contributed by atoms with Crippen LogP contribution < -0.4 is 0 Å². The van der Waals surface area contributed by atoms with E-state index in [9.17, 15) is 0 Å². The Balaban J connectivity index is 0.880. The highest BCUT2D eigenvalue weighted by molar-refractivity contribution is 7.26. The Bertz CT molecular complexity index is 5730. The summed E-state index contributed by atoms with van der Waals surface area (Å²) in [7, 11) is 0. The summed E-state index contributed by atoms with van der Waals surface area (Å²) in [6.45, 7) is 0. The zero-order valence-corrected chi connectivity index (χ0v) is 45.7. The average Bonchev–Trinajstić information content (AvgIpc) is 2.10. The van der Waals surface area contributed by atoms with Gasteiger partial charge in [0.05, 0.1) is 55.2 Å². The topological polar surface area (TPSA) is 63.3 Å². The van der Waals surface area contributed by atoms with Gasteiger partial charge < -0.3 is 13.7 Å². The summed E-state index contributed by atoms with van der Waals surface area (Å²) in [6, 6.07) is 96.5. The van der Waals surface area contributed by atoms with E-state index in [0.29, 0.717) is 17.7 Å². The Morgan fingerprint density at radius 3 is 1.08 bits per heavy atom. The van der Waals surface area contributed by atoms with Crippen LogP contribution in [0.2, 0.25) is 0 Å². The fourth-order valence-corrected chi connectivity index (χ4v) is 15.1. The lowest BCUT2D eigenvalue weighted by molar-refractivity contribution is 0.893. The minimum absolute atomic E-state index is 0.526. The molecule has 0 bridgehead atoms. The van der Waals surface area contributed by atoms with E-state index in [2.05, 4.69) is 290 Å². The smallest absolute Gasteiger partial charge is 0.240 e. The van der Waals surface area contributed by atoms with Crippen LogP contribution in [0.5, 0.6) is 0 Å². The molecule has 390 valence electrons. The molecule has 0 aliphatic carbocycles. The SMILES string of the molecule is c1ccc(-n2c3ccccc3c3cc4c(cc32)c2ccccc2n4-c2nc(-c3ccc(-n4c5ccccc5c5c6c(ccc54)sc4ccccc46)cc3)nc(-n3c4ccccc4c4cc5c(cc43)c3ccccc3n5-c3ccccc3)n2)cc1. The molecule has 0 atom stereocenters. The summed E-state index contributed by atoms with van der Waals surface area (Å²) in [5, 5.41) is 14.2. The zero-order valence-electron chi connectivity index (χ0n) is 44.9. The number of para-hydroxylation sites is 7. The van der Waals surface area contributed by atoms with Crippen LogP contribution in [0.25, 0.3) is 170 Å². The van der Waals surface area contributed by atoms with Crippen LogP contribution in [0.15, 0.2) is 267 Å². The standard InChI is InChI=1S/C75H44N8S/c1-3-19-46(20-4-1)80-59-29-13-7-23-49(59)55-43-67-57(41-65(55)80)51-25-9-15-31-61(51)82(67)74-76-73(45-35-37-48(38-36-45)79-63-33-17-11-27-53(63)71-64(79)39-40-70-72(71)54-28-12-18-34-69(54)84-70)77-75(78-74)83-62-32-16-10-26-52(62)58-42-66-56(44-68(58)83)50-24-8-14-30-60(50)81(66)47-21-5-2-6-22-47/h1-44H. The van der Waals surface area contributed by atoms with Gasteiger partial charge in [0.1, 0.15) is 0 Å². The van der Waals surface area contributed by atoms with Crippen molar-refractivity contribution >= 4 is 141 Å². The van der Waals surface area contributed by atoms with Crippen LogP contribution in [-0.4, -0.2) is 37.8 Å². The number of rotatable bonds is 6. The molecule has 12 aromatic carbocycles. The van der Waals surface area contributed by atoms with Crippen LogP contribution >= 0.6 is 11.3 Å². The summed E-state index contributed by atoms with van der Waals surface area (Å²) >= 11 is 1.86. The number of nitrogens with zero attached hydrogens (tertiary/aromatic N) is 8. The first-order valence-electron chi connectivity index (χ1n) is 28.4. The molecule has 0 amide bonds. The molecule has 0 fully saturated rings. The Kier molecular flexibility index (Phi) is 9.33. The zero-order chi connectivity index (χ0) is 54.7. The van der Waals surface area contributed by atoms with E-state index >= 15 is 0 Å². The van der Waals surface area contributed by atoms with E-state index in [0.717, 1.165) is 105 Å². The quantitative estimate of drug-likeness (QED) is 0.167. The first-order valence-corrected chi connectivity index (χ1v) is 29.2. The third-order valence-corrected chi connectivity index (χ3v) is 18.7. The molecule has 8 nitrogen and oxygen atoms in total. The normalized spacial score (nSPS) is 12.3. The van der Waals surface area contributed by atoms with E-state index in [4.69, 9.17) is 15.0 Å². The number of benzene rings is 12. The molecule has 0 radical (unpaired) electrons. The molecule has 0 saturated heterocycles. The fourth-order valence-electron chi connectivity index (χ4n) is 14.0. The van der Waals surface area contributed by atoms with Gasteiger partial charge in [0.2, 0.25) is 11.9 Å². The molecule has 19 aromatic rings. The Morgan fingerprint density at radius 2 is 0.595 bits per heavy atom. The highest BCUT2D eigenvalue weighted by Crippen LogP contribution is 2.45. The van der Waals surface area contributed by atoms with Gasteiger partial charge in [-0.3, -0.25) is 9.13 Å². The van der Waals surface area contributed by atoms with Gasteiger partial charge in [-0.25, -0.2) is 0 Å². The van der Waals surface area contributed by atoms with Crippen molar-refractivity contribution in [3.63, 3.8) is 0 Å². The summed E-state index contributed by atoms with van der Waals surface area (Å²) in [5.41, 5.74) is 15.1. The molecule has 9 heteroatoms. The van der Waals surface area contributed by atoms with Crippen molar-refractivity contribution in [1.82, 2.24) is 37.8 Å². The number of aromatic nitrogens is 8. The summed E-state index contributed by atoms with van der Waals surface area (Å²) in [4.78, 5) is 16.9. The van der Waals surface area contributed by atoms with Gasteiger partial charge in [-0.15, -0.1) is 11.3 Å².